The van der Waals surface area contributed by atoms with Crippen molar-refractivity contribution in [2.75, 3.05) is 22.9 Å². The quantitative estimate of drug-likeness (QED) is 0.738. The van der Waals surface area contributed by atoms with Gasteiger partial charge in [-0.15, -0.1) is 0 Å². The van der Waals surface area contributed by atoms with Crippen LogP contribution in [-0.2, 0) is 13.1 Å². The number of hydrogen-bond acceptors (Lipinski definition) is 6. The third-order valence-electron chi connectivity index (χ3n) is 4.10. The van der Waals surface area contributed by atoms with Gasteiger partial charge in [0.15, 0.2) is 11.5 Å². The lowest BCUT2D eigenvalue weighted by Crippen LogP contribution is -2.23. The topological polar surface area (TPSA) is 58.5 Å². The molecule has 1 aliphatic heterocycles. The molecule has 0 amide bonds. The van der Waals surface area contributed by atoms with E-state index in [1.54, 1.807) is 12.4 Å². The predicted octanol–water partition coefficient (Wildman–Crippen LogP) is 3.08. The molecule has 4 rings (SSSR count). The minimum absolute atomic E-state index is 0.729. The molecular formula is C17H18N4O2. The molecule has 1 aliphatic rings. The normalized spacial score (nSPS) is 14.6. The number of para-hydroxylation sites is 2. The van der Waals surface area contributed by atoms with E-state index in [1.165, 1.54) is 11.4 Å². The highest BCUT2D eigenvalue weighted by Crippen LogP contribution is 2.33. The SMILES string of the molecule is c1ccc2c(c1)N(Cc1ccno1)CCCN2Cc1ccno1. The van der Waals surface area contributed by atoms with Crippen molar-refractivity contribution in [2.45, 2.75) is 19.5 Å². The Kier molecular flexibility index (Phi) is 3.71. The van der Waals surface area contributed by atoms with Crippen LogP contribution in [0.15, 0.2) is 57.8 Å². The minimum Gasteiger partial charge on any atom is -0.362 e. The summed E-state index contributed by atoms with van der Waals surface area (Å²) in [7, 11) is 0. The lowest BCUT2D eigenvalue weighted by Gasteiger charge is -2.26. The van der Waals surface area contributed by atoms with E-state index < -0.39 is 0 Å². The molecule has 0 unspecified atom stereocenters. The van der Waals surface area contributed by atoms with E-state index in [0.717, 1.165) is 44.1 Å². The summed E-state index contributed by atoms with van der Waals surface area (Å²) in [4.78, 5) is 4.69. The first-order valence-corrected chi connectivity index (χ1v) is 7.78. The maximum Gasteiger partial charge on any atom is 0.155 e. The van der Waals surface area contributed by atoms with Crippen molar-refractivity contribution in [1.82, 2.24) is 10.3 Å². The molecule has 0 N–H and O–H groups in total. The van der Waals surface area contributed by atoms with Crippen LogP contribution in [0, 0.1) is 0 Å². The van der Waals surface area contributed by atoms with Crippen LogP contribution in [-0.4, -0.2) is 23.4 Å². The molecule has 0 atom stereocenters. The van der Waals surface area contributed by atoms with Crippen molar-refractivity contribution in [1.29, 1.82) is 0 Å². The van der Waals surface area contributed by atoms with Crippen molar-refractivity contribution < 1.29 is 9.05 Å². The van der Waals surface area contributed by atoms with Gasteiger partial charge >= 0.3 is 0 Å². The zero-order valence-electron chi connectivity index (χ0n) is 12.8. The Morgan fingerprint density at radius 2 is 1.30 bits per heavy atom. The molecule has 23 heavy (non-hydrogen) atoms. The van der Waals surface area contributed by atoms with Crippen LogP contribution >= 0.6 is 0 Å². The molecule has 2 aromatic heterocycles. The van der Waals surface area contributed by atoms with Gasteiger partial charge < -0.3 is 18.8 Å². The second kappa shape index (κ2) is 6.16. The highest BCUT2D eigenvalue weighted by Gasteiger charge is 2.21. The molecule has 0 radical (unpaired) electrons. The summed E-state index contributed by atoms with van der Waals surface area (Å²) in [6.45, 7) is 3.41. The highest BCUT2D eigenvalue weighted by atomic mass is 16.5. The van der Waals surface area contributed by atoms with Crippen molar-refractivity contribution in [3.63, 3.8) is 0 Å². The lowest BCUT2D eigenvalue weighted by atomic mass is 10.2. The van der Waals surface area contributed by atoms with Crippen molar-refractivity contribution >= 4 is 11.4 Å². The first-order valence-electron chi connectivity index (χ1n) is 7.78. The summed E-state index contributed by atoms with van der Waals surface area (Å²) in [5.74, 6) is 1.76. The average molecular weight is 310 g/mol. The number of nitrogens with zero attached hydrogens (tertiary/aromatic N) is 4. The van der Waals surface area contributed by atoms with Crippen LogP contribution in [0.5, 0.6) is 0 Å². The van der Waals surface area contributed by atoms with Gasteiger partial charge in [-0.25, -0.2) is 0 Å². The molecule has 0 saturated heterocycles. The Hall–Kier alpha value is -2.76. The number of aromatic nitrogens is 2. The zero-order chi connectivity index (χ0) is 15.5. The van der Waals surface area contributed by atoms with Crippen LogP contribution in [0.25, 0.3) is 0 Å². The fourth-order valence-corrected chi connectivity index (χ4v) is 3.04. The van der Waals surface area contributed by atoms with Gasteiger partial charge in [-0.2, -0.15) is 0 Å². The van der Waals surface area contributed by atoms with E-state index in [9.17, 15) is 0 Å². The minimum atomic E-state index is 0.729. The van der Waals surface area contributed by atoms with E-state index in [4.69, 9.17) is 9.05 Å². The Balaban J connectivity index is 1.63. The lowest BCUT2D eigenvalue weighted by molar-refractivity contribution is 0.380. The van der Waals surface area contributed by atoms with Gasteiger partial charge in [-0.3, -0.25) is 0 Å². The second-order valence-electron chi connectivity index (χ2n) is 5.64. The molecule has 0 saturated carbocycles. The summed E-state index contributed by atoms with van der Waals surface area (Å²) < 4.78 is 10.6. The molecule has 6 heteroatoms. The molecule has 3 heterocycles. The molecule has 0 fully saturated rings. The monoisotopic (exact) mass is 310 g/mol. The van der Waals surface area contributed by atoms with Crippen molar-refractivity contribution in [2.24, 2.45) is 0 Å². The summed E-state index contributed by atoms with van der Waals surface area (Å²) >= 11 is 0. The second-order valence-corrected chi connectivity index (χ2v) is 5.64. The first kappa shape index (κ1) is 13.9. The number of anilines is 2. The third-order valence-corrected chi connectivity index (χ3v) is 4.10. The maximum atomic E-state index is 5.28. The van der Waals surface area contributed by atoms with Gasteiger partial charge in [0.05, 0.1) is 36.9 Å². The van der Waals surface area contributed by atoms with Crippen LogP contribution in [0.4, 0.5) is 11.4 Å². The fraction of sp³-hybridized carbons (Fsp3) is 0.294. The Bertz CT molecular complexity index is 677. The summed E-state index contributed by atoms with van der Waals surface area (Å²) in [5.41, 5.74) is 2.42. The number of fused-ring (bicyclic) bond motifs is 1. The van der Waals surface area contributed by atoms with Gasteiger partial charge in [-0.05, 0) is 18.6 Å². The Labute approximate surface area is 134 Å². The van der Waals surface area contributed by atoms with Crippen molar-refractivity contribution in [3.05, 3.63) is 60.3 Å². The van der Waals surface area contributed by atoms with Gasteiger partial charge in [-0.1, -0.05) is 22.4 Å². The number of rotatable bonds is 4. The van der Waals surface area contributed by atoms with Crippen LogP contribution in [0.2, 0.25) is 0 Å². The first-order chi connectivity index (χ1) is 11.4. The van der Waals surface area contributed by atoms with Gasteiger partial charge in [0, 0.05) is 25.2 Å². The van der Waals surface area contributed by atoms with Gasteiger partial charge in [0.2, 0.25) is 0 Å². The molecular weight excluding hydrogens is 292 g/mol. The summed E-state index contributed by atoms with van der Waals surface area (Å²) in [6, 6.07) is 12.3. The van der Waals surface area contributed by atoms with E-state index in [2.05, 4.69) is 44.4 Å². The number of benzene rings is 1. The molecule has 6 nitrogen and oxygen atoms in total. The molecule has 3 aromatic rings. The third kappa shape index (κ3) is 2.92. The van der Waals surface area contributed by atoms with Gasteiger partial charge in [0.1, 0.15) is 0 Å². The van der Waals surface area contributed by atoms with E-state index in [1.807, 2.05) is 12.1 Å². The molecule has 1 aromatic carbocycles. The number of hydrogen-bond donors (Lipinski definition) is 0. The van der Waals surface area contributed by atoms with E-state index in [0.29, 0.717) is 0 Å². The average Bonchev–Trinajstić information content (AvgIpc) is 3.24. The standard InChI is InChI=1S/C17H18N4O2/c1-2-5-17-16(4-1)20(12-14-6-8-18-22-14)10-3-11-21(17)13-15-7-9-19-23-15/h1-2,4-9H,3,10-13H2. The van der Waals surface area contributed by atoms with Crippen LogP contribution < -0.4 is 9.80 Å². The van der Waals surface area contributed by atoms with E-state index in [-0.39, 0.29) is 0 Å². The molecule has 0 bridgehead atoms. The molecule has 0 spiro atoms. The zero-order valence-corrected chi connectivity index (χ0v) is 12.8. The van der Waals surface area contributed by atoms with Crippen LogP contribution in [0.1, 0.15) is 17.9 Å². The van der Waals surface area contributed by atoms with E-state index >= 15 is 0 Å². The Morgan fingerprint density at radius 1 is 0.783 bits per heavy atom. The van der Waals surface area contributed by atoms with Crippen molar-refractivity contribution in [3.8, 4) is 0 Å². The van der Waals surface area contributed by atoms with Gasteiger partial charge in [0.25, 0.3) is 0 Å². The highest BCUT2D eigenvalue weighted by molar-refractivity contribution is 5.72. The Morgan fingerprint density at radius 3 is 1.74 bits per heavy atom. The largest absolute Gasteiger partial charge is 0.362 e. The maximum absolute atomic E-state index is 5.28. The molecule has 118 valence electrons. The fourth-order valence-electron chi connectivity index (χ4n) is 3.04. The summed E-state index contributed by atoms with van der Waals surface area (Å²) in [5, 5.41) is 7.60. The predicted molar refractivity (Wildman–Crippen MR) is 86.2 cm³/mol. The summed E-state index contributed by atoms with van der Waals surface area (Å²) in [6.07, 6.45) is 4.45. The smallest absolute Gasteiger partial charge is 0.155 e. The van der Waals surface area contributed by atoms with Crippen LogP contribution in [0.3, 0.4) is 0 Å². The molecule has 0 aliphatic carbocycles.